The molecular weight excluding hydrogens is 349 g/mol. The Labute approximate surface area is 156 Å². The van der Waals surface area contributed by atoms with Gasteiger partial charge >= 0.3 is 0 Å². The number of halogens is 1. The fraction of sp³-hybridized carbons (Fsp3) is 0.211. The smallest absolute Gasteiger partial charge is 0.224 e. The van der Waals surface area contributed by atoms with E-state index in [1.165, 1.54) is 25.4 Å². The van der Waals surface area contributed by atoms with E-state index in [1.807, 2.05) is 24.5 Å². The molecule has 2 aromatic heterocycles. The summed E-state index contributed by atoms with van der Waals surface area (Å²) in [5, 5.41) is 3.07. The number of ether oxygens (including phenoxy) is 1. The number of hydrogen-bond donors (Lipinski definition) is 2. The maximum Gasteiger partial charge on any atom is 0.224 e. The fourth-order valence-electron chi connectivity index (χ4n) is 2.64. The van der Waals surface area contributed by atoms with Crippen LogP contribution in [0.3, 0.4) is 0 Å². The van der Waals surface area contributed by atoms with Gasteiger partial charge in [0.1, 0.15) is 17.4 Å². The summed E-state index contributed by atoms with van der Waals surface area (Å²) in [6.07, 6.45) is 6.20. The molecule has 0 fully saturated rings. The van der Waals surface area contributed by atoms with Gasteiger partial charge in [0.05, 0.1) is 18.2 Å². The first-order valence-corrected chi connectivity index (χ1v) is 8.44. The predicted octanol–water partition coefficient (Wildman–Crippen LogP) is 2.74. The van der Waals surface area contributed by atoms with E-state index < -0.39 is 11.6 Å². The Morgan fingerprint density at radius 1 is 1.30 bits per heavy atom. The number of nitrogens with two attached hydrogens (primary N) is 1. The van der Waals surface area contributed by atoms with Crippen LogP contribution in [0.15, 0.2) is 48.9 Å². The van der Waals surface area contributed by atoms with Gasteiger partial charge < -0.3 is 20.4 Å². The van der Waals surface area contributed by atoms with Crippen molar-refractivity contribution < 1.29 is 13.9 Å². The molecule has 0 saturated carbocycles. The number of hydrogen-bond acceptors (Lipinski definition) is 6. The Hall–Kier alpha value is -3.42. The number of aryl methyl sites for hydroxylation is 1. The zero-order valence-electron chi connectivity index (χ0n) is 14.9. The number of carbonyl (C=O) groups excluding carboxylic acids is 1. The first-order valence-electron chi connectivity index (χ1n) is 8.44. The fourth-order valence-corrected chi connectivity index (χ4v) is 2.64. The average Bonchev–Trinajstić information content (AvgIpc) is 3.18. The molecule has 0 radical (unpaired) electrons. The lowest BCUT2D eigenvalue weighted by molar-refractivity contribution is 0.103. The summed E-state index contributed by atoms with van der Waals surface area (Å²) in [7, 11) is 1.41. The number of nitrogen functional groups attached to an aromatic ring is 1. The SMILES string of the molecule is COc1ccc(F)cc1C(=O)c1cnc(NCCCn2cccc2)nc1N. The third-order valence-electron chi connectivity index (χ3n) is 4.01. The summed E-state index contributed by atoms with van der Waals surface area (Å²) in [4.78, 5) is 20.9. The van der Waals surface area contributed by atoms with Crippen molar-refractivity contribution in [2.75, 3.05) is 24.7 Å². The molecule has 0 amide bonds. The van der Waals surface area contributed by atoms with E-state index in [0.29, 0.717) is 12.5 Å². The Morgan fingerprint density at radius 3 is 2.78 bits per heavy atom. The molecule has 0 unspecified atom stereocenters. The Morgan fingerprint density at radius 2 is 2.07 bits per heavy atom. The molecule has 0 aliphatic carbocycles. The molecule has 8 heteroatoms. The number of aromatic nitrogens is 3. The highest BCUT2D eigenvalue weighted by Crippen LogP contribution is 2.24. The van der Waals surface area contributed by atoms with E-state index in [2.05, 4.69) is 19.9 Å². The molecule has 0 aliphatic rings. The maximum absolute atomic E-state index is 13.5. The number of ketones is 1. The van der Waals surface area contributed by atoms with Gasteiger partial charge in [-0.3, -0.25) is 4.79 Å². The summed E-state index contributed by atoms with van der Waals surface area (Å²) >= 11 is 0. The summed E-state index contributed by atoms with van der Waals surface area (Å²) in [6.45, 7) is 1.52. The first kappa shape index (κ1) is 18.4. The molecule has 27 heavy (non-hydrogen) atoms. The number of carbonyl (C=O) groups is 1. The van der Waals surface area contributed by atoms with Crippen LogP contribution in [-0.2, 0) is 6.54 Å². The highest BCUT2D eigenvalue weighted by molar-refractivity contribution is 6.13. The van der Waals surface area contributed by atoms with Crippen LogP contribution in [0.25, 0.3) is 0 Å². The number of nitrogens with zero attached hydrogens (tertiary/aromatic N) is 3. The van der Waals surface area contributed by atoms with Crippen LogP contribution in [0.5, 0.6) is 5.75 Å². The average molecular weight is 369 g/mol. The standard InChI is InChI=1S/C19H20FN5O2/c1-27-16-6-5-13(20)11-14(16)17(26)15-12-23-19(24-18(15)21)22-7-4-10-25-8-2-3-9-25/h2-3,5-6,8-9,11-12H,4,7,10H2,1H3,(H3,21,22,23,24). The monoisotopic (exact) mass is 369 g/mol. The maximum atomic E-state index is 13.5. The van der Waals surface area contributed by atoms with Crippen molar-refractivity contribution in [3.63, 3.8) is 0 Å². The van der Waals surface area contributed by atoms with Crippen LogP contribution >= 0.6 is 0 Å². The van der Waals surface area contributed by atoms with Crippen molar-refractivity contribution in [1.82, 2.24) is 14.5 Å². The van der Waals surface area contributed by atoms with Crippen molar-refractivity contribution in [3.8, 4) is 5.75 Å². The second-order valence-corrected chi connectivity index (χ2v) is 5.87. The van der Waals surface area contributed by atoms with Gasteiger partial charge in [-0.2, -0.15) is 4.98 Å². The van der Waals surface area contributed by atoms with Crippen LogP contribution in [0.1, 0.15) is 22.3 Å². The minimum atomic E-state index is -0.542. The van der Waals surface area contributed by atoms with Gasteiger partial charge in [0.2, 0.25) is 11.7 Å². The number of nitrogens with one attached hydrogen (secondary N) is 1. The van der Waals surface area contributed by atoms with Crippen molar-refractivity contribution in [3.05, 3.63) is 65.9 Å². The summed E-state index contributed by atoms with van der Waals surface area (Å²) < 4.78 is 20.7. The van der Waals surface area contributed by atoms with Crippen LogP contribution in [-0.4, -0.2) is 34.0 Å². The normalized spacial score (nSPS) is 10.6. The van der Waals surface area contributed by atoms with E-state index >= 15 is 0 Å². The van der Waals surface area contributed by atoms with Crippen LogP contribution < -0.4 is 15.8 Å². The quantitative estimate of drug-likeness (QED) is 0.468. The third-order valence-corrected chi connectivity index (χ3v) is 4.01. The molecular formula is C19H20FN5O2. The van der Waals surface area contributed by atoms with E-state index in [1.54, 1.807) is 0 Å². The zero-order valence-corrected chi connectivity index (χ0v) is 14.9. The number of methoxy groups -OCH3 is 1. The topological polar surface area (TPSA) is 95.1 Å². The second-order valence-electron chi connectivity index (χ2n) is 5.87. The molecule has 0 spiro atoms. The lowest BCUT2D eigenvalue weighted by Crippen LogP contribution is -2.13. The Kier molecular flexibility index (Phi) is 5.65. The molecule has 0 saturated heterocycles. The zero-order chi connectivity index (χ0) is 19.2. The van der Waals surface area contributed by atoms with Gasteiger partial charge in [-0.1, -0.05) is 0 Å². The van der Waals surface area contributed by atoms with Gasteiger partial charge in [0.25, 0.3) is 0 Å². The molecule has 1 aromatic carbocycles. The molecule has 0 aliphatic heterocycles. The van der Waals surface area contributed by atoms with E-state index in [-0.39, 0.29) is 22.7 Å². The van der Waals surface area contributed by atoms with Crippen LogP contribution in [0.4, 0.5) is 16.2 Å². The lowest BCUT2D eigenvalue weighted by Gasteiger charge is -2.10. The van der Waals surface area contributed by atoms with Gasteiger partial charge in [0, 0.05) is 31.7 Å². The number of anilines is 2. The van der Waals surface area contributed by atoms with E-state index in [4.69, 9.17) is 10.5 Å². The minimum absolute atomic E-state index is 0.0224. The highest BCUT2D eigenvalue weighted by Gasteiger charge is 2.19. The van der Waals surface area contributed by atoms with Gasteiger partial charge in [-0.15, -0.1) is 0 Å². The third kappa shape index (κ3) is 4.41. The summed E-state index contributed by atoms with van der Waals surface area (Å²) in [5.74, 6) is -0.423. The summed E-state index contributed by atoms with van der Waals surface area (Å²) in [6, 6.07) is 7.66. The van der Waals surface area contributed by atoms with E-state index in [9.17, 15) is 9.18 Å². The second kappa shape index (κ2) is 8.31. The van der Waals surface area contributed by atoms with Crippen LogP contribution in [0.2, 0.25) is 0 Å². The van der Waals surface area contributed by atoms with Gasteiger partial charge in [-0.05, 0) is 36.8 Å². The Balaban J connectivity index is 1.67. The van der Waals surface area contributed by atoms with Crippen LogP contribution in [0, 0.1) is 5.82 Å². The predicted molar refractivity (Wildman–Crippen MR) is 100 cm³/mol. The van der Waals surface area contributed by atoms with Crippen molar-refractivity contribution in [2.45, 2.75) is 13.0 Å². The molecule has 3 N–H and O–H groups in total. The van der Waals surface area contributed by atoms with Gasteiger partial charge in [-0.25, -0.2) is 9.37 Å². The molecule has 2 heterocycles. The minimum Gasteiger partial charge on any atom is -0.496 e. The van der Waals surface area contributed by atoms with Gasteiger partial charge in [0.15, 0.2) is 0 Å². The highest BCUT2D eigenvalue weighted by atomic mass is 19.1. The molecule has 0 atom stereocenters. The lowest BCUT2D eigenvalue weighted by atomic mass is 10.0. The molecule has 3 rings (SSSR count). The number of rotatable bonds is 8. The molecule has 0 bridgehead atoms. The molecule has 7 nitrogen and oxygen atoms in total. The van der Waals surface area contributed by atoms with Crippen molar-refractivity contribution >= 4 is 17.5 Å². The first-order chi connectivity index (χ1) is 13.1. The molecule has 140 valence electrons. The Bertz CT molecular complexity index is 928. The van der Waals surface area contributed by atoms with Crippen molar-refractivity contribution in [1.29, 1.82) is 0 Å². The summed E-state index contributed by atoms with van der Waals surface area (Å²) in [5.41, 5.74) is 6.08. The molecule has 3 aromatic rings. The van der Waals surface area contributed by atoms with E-state index in [0.717, 1.165) is 19.0 Å². The number of benzene rings is 1. The largest absolute Gasteiger partial charge is 0.496 e. The van der Waals surface area contributed by atoms with Crippen molar-refractivity contribution in [2.24, 2.45) is 0 Å².